The lowest BCUT2D eigenvalue weighted by molar-refractivity contribution is -0.133. The normalized spacial score (nSPS) is 17.8. The van der Waals surface area contributed by atoms with Gasteiger partial charge < -0.3 is 26.0 Å². The summed E-state index contributed by atoms with van der Waals surface area (Å²) in [5.74, 6) is -5.11. The van der Waals surface area contributed by atoms with Crippen molar-refractivity contribution >= 4 is 34.4 Å². The number of alkyl halides is 1. The van der Waals surface area contributed by atoms with E-state index in [0.717, 1.165) is 6.07 Å². The SMILES string of the molecule is CC(C)(F)C[C@H](NC(=O)c1cc2cc(F)cc(F)c2[nH]1)C(=O)N[C@@H](C[C@@H]1CCCNC1=O)C(=O)CO. The van der Waals surface area contributed by atoms with E-state index >= 15 is 0 Å². The van der Waals surface area contributed by atoms with Crippen molar-refractivity contribution in [2.45, 2.75) is 57.3 Å². The smallest absolute Gasteiger partial charge is 0.268 e. The van der Waals surface area contributed by atoms with Gasteiger partial charge in [-0.1, -0.05) is 0 Å². The zero-order valence-corrected chi connectivity index (χ0v) is 19.9. The molecule has 0 aliphatic carbocycles. The Bertz CT molecular complexity index is 1160. The Kier molecular flexibility index (Phi) is 8.39. The maximum Gasteiger partial charge on any atom is 0.268 e. The molecule has 0 bridgehead atoms. The number of carbonyl (C=O) groups excluding carboxylic acids is 4. The molecule has 0 radical (unpaired) electrons. The van der Waals surface area contributed by atoms with Crippen molar-refractivity contribution < 1.29 is 37.5 Å². The predicted octanol–water partition coefficient (Wildman–Crippen LogP) is 1.65. The quantitative estimate of drug-likeness (QED) is 0.331. The highest BCUT2D eigenvalue weighted by Gasteiger charge is 2.34. The summed E-state index contributed by atoms with van der Waals surface area (Å²) < 4.78 is 42.0. The number of aromatic amines is 1. The number of aliphatic hydroxyl groups excluding tert-OH is 1. The van der Waals surface area contributed by atoms with Crippen LogP contribution in [0.5, 0.6) is 0 Å². The zero-order valence-electron chi connectivity index (χ0n) is 19.9. The molecule has 36 heavy (non-hydrogen) atoms. The van der Waals surface area contributed by atoms with Gasteiger partial charge in [0.25, 0.3) is 5.91 Å². The van der Waals surface area contributed by atoms with E-state index in [4.69, 9.17) is 0 Å². The molecule has 1 aromatic heterocycles. The van der Waals surface area contributed by atoms with Crippen molar-refractivity contribution in [2.75, 3.05) is 13.2 Å². The van der Waals surface area contributed by atoms with Gasteiger partial charge in [-0.25, -0.2) is 13.2 Å². The molecule has 196 valence electrons. The summed E-state index contributed by atoms with van der Waals surface area (Å²) in [6.45, 7) is 2.01. The minimum Gasteiger partial charge on any atom is -0.389 e. The molecule has 5 N–H and O–H groups in total. The van der Waals surface area contributed by atoms with Crippen molar-refractivity contribution in [2.24, 2.45) is 5.92 Å². The number of amides is 3. The Labute approximate surface area is 205 Å². The van der Waals surface area contributed by atoms with E-state index in [-0.39, 0.29) is 28.9 Å². The number of hydrogen-bond donors (Lipinski definition) is 5. The Hall–Kier alpha value is -3.41. The molecule has 2 heterocycles. The molecule has 0 spiro atoms. The molecule has 3 amide bonds. The summed E-state index contributed by atoms with van der Waals surface area (Å²) in [4.78, 5) is 52.8. The first-order valence-electron chi connectivity index (χ1n) is 11.6. The topological polar surface area (TPSA) is 140 Å². The van der Waals surface area contributed by atoms with Crippen LogP contribution in [0.4, 0.5) is 13.2 Å². The Balaban J connectivity index is 1.79. The van der Waals surface area contributed by atoms with Gasteiger partial charge in [0.1, 0.15) is 35.6 Å². The summed E-state index contributed by atoms with van der Waals surface area (Å²) in [5, 5.41) is 16.9. The summed E-state index contributed by atoms with van der Waals surface area (Å²) in [5.41, 5.74) is -2.22. The highest BCUT2D eigenvalue weighted by molar-refractivity contribution is 6.01. The van der Waals surface area contributed by atoms with Crippen LogP contribution in [-0.2, 0) is 14.4 Å². The minimum absolute atomic E-state index is 0.0660. The van der Waals surface area contributed by atoms with Crippen molar-refractivity contribution in [1.82, 2.24) is 20.9 Å². The average molecular weight is 511 g/mol. The van der Waals surface area contributed by atoms with Gasteiger partial charge in [-0.2, -0.15) is 0 Å². The number of fused-ring (bicyclic) bond motifs is 1. The van der Waals surface area contributed by atoms with E-state index in [1.165, 1.54) is 19.9 Å². The molecule has 0 unspecified atom stereocenters. The van der Waals surface area contributed by atoms with Crippen LogP contribution < -0.4 is 16.0 Å². The number of carbonyl (C=O) groups is 4. The van der Waals surface area contributed by atoms with Crippen LogP contribution in [0.25, 0.3) is 10.9 Å². The number of ketones is 1. The minimum atomic E-state index is -1.91. The van der Waals surface area contributed by atoms with E-state index in [9.17, 15) is 37.5 Å². The molecule has 0 saturated carbocycles. The summed E-state index contributed by atoms with van der Waals surface area (Å²) in [7, 11) is 0. The first-order valence-corrected chi connectivity index (χ1v) is 11.6. The van der Waals surface area contributed by atoms with Crippen LogP contribution in [-0.4, -0.2) is 64.5 Å². The number of halogens is 3. The summed E-state index contributed by atoms with van der Waals surface area (Å²) in [6.07, 6.45) is 0.640. The number of nitrogens with one attached hydrogen (secondary N) is 4. The molecule has 3 rings (SSSR count). The van der Waals surface area contributed by atoms with Crippen LogP contribution in [0.3, 0.4) is 0 Å². The lowest BCUT2D eigenvalue weighted by Gasteiger charge is -2.28. The molecule has 1 aromatic carbocycles. The number of H-pyrrole nitrogens is 1. The Morgan fingerprint density at radius 3 is 2.53 bits per heavy atom. The number of aromatic nitrogens is 1. The van der Waals surface area contributed by atoms with Crippen molar-refractivity contribution in [3.8, 4) is 0 Å². The third-order valence-corrected chi connectivity index (χ3v) is 5.98. The van der Waals surface area contributed by atoms with E-state index < -0.39 is 65.9 Å². The standard InChI is InChI=1S/C24H29F3N4O5/c1-24(2,27)10-18(31-22(35)17-8-13-6-14(25)9-15(26)20(13)29-17)23(36)30-16(19(33)11-32)7-12-4-3-5-28-21(12)34/h6,8-9,12,16,18,29,32H,3-5,7,10-11H2,1-2H3,(H,28,34)(H,30,36)(H,31,35)/t12-,16-,18-/m0/s1. The van der Waals surface area contributed by atoms with Crippen LogP contribution in [0.1, 0.15) is 50.0 Å². The number of piperidine rings is 1. The fraction of sp³-hybridized carbons (Fsp3) is 0.500. The maximum absolute atomic E-state index is 14.5. The molecule has 2 aromatic rings. The second-order valence-electron chi connectivity index (χ2n) is 9.54. The summed E-state index contributed by atoms with van der Waals surface area (Å²) in [6, 6.07) is 0.162. The third-order valence-electron chi connectivity index (χ3n) is 5.98. The molecule has 1 fully saturated rings. The molecule has 3 atom stereocenters. The number of Topliss-reactive ketones (excluding diaryl/α,β-unsaturated/α-hetero) is 1. The fourth-order valence-electron chi connectivity index (χ4n) is 4.22. The van der Waals surface area contributed by atoms with Crippen LogP contribution >= 0.6 is 0 Å². The van der Waals surface area contributed by atoms with Gasteiger partial charge in [-0.15, -0.1) is 0 Å². The van der Waals surface area contributed by atoms with Gasteiger partial charge in [0.05, 0.1) is 11.6 Å². The van der Waals surface area contributed by atoms with Gasteiger partial charge in [-0.3, -0.25) is 19.2 Å². The van der Waals surface area contributed by atoms with E-state index in [2.05, 4.69) is 20.9 Å². The molecular formula is C24H29F3N4O5. The van der Waals surface area contributed by atoms with E-state index in [1.807, 2.05) is 0 Å². The Morgan fingerprint density at radius 2 is 1.89 bits per heavy atom. The lowest BCUT2D eigenvalue weighted by atomic mass is 9.90. The van der Waals surface area contributed by atoms with Crippen LogP contribution in [0.2, 0.25) is 0 Å². The number of rotatable bonds is 10. The summed E-state index contributed by atoms with van der Waals surface area (Å²) >= 11 is 0. The monoisotopic (exact) mass is 510 g/mol. The molecule has 12 heteroatoms. The highest BCUT2D eigenvalue weighted by Crippen LogP contribution is 2.22. The van der Waals surface area contributed by atoms with Crippen molar-refractivity contribution in [1.29, 1.82) is 0 Å². The molecule has 1 saturated heterocycles. The van der Waals surface area contributed by atoms with E-state index in [0.29, 0.717) is 25.5 Å². The molecule has 9 nitrogen and oxygen atoms in total. The molecule has 1 aliphatic heterocycles. The maximum atomic E-state index is 14.5. The van der Waals surface area contributed by atoms with Crippen molar-refractivity contribution in [3.63, 3.8) is 0 Å². The largest absolute Gasteiger partial charge is 0.389 e. The number of hydrogen-bond acceptors (Lipinski definition) is 5. The van der Waals surface area contributed by atoms with Gasteiger partial charge in [-0.05, 0) is 45.2 Å². The number of aliphatic hydroxyl groups is 1. The third kappa shape index (κ3) is 6.84. The van der Waals surface area contributed by atoms with Gasteiger partial charge in [0, 0.05) is 30.3 Å². The van der Waals surface area contributed by atoms with Crippen molar-refractivity contribution in [3.05, 3.63) is 35.5 Å². The average Bonchev–Trinajstić information content (AvgIpc) is 3.22. The Morgan fingerprint density at radius 1 is 1.17 bits per heavy atom. The fourth-order valence-corrected chi connectivity index (χ4v) is 4.22. The van der Waals surface area contributed by atoms with Crippen LogP contribution in [0, 0.1) is 17.6 Å². The van der Waals surface area contributed by atoms with Gasteiger partial charge in [0.2, 0.25) is 11.8 Å². The zero-order chi connectivity index (χ0) is 26.6. The van der Waals surface area contributed by atoms with Crippen LogP contribution in [0.15, 0.2) is 18.2 Å². The van der Waals surface area contributed by atoms with E-state index in [1.54, 1.807) is 0 Å². The second kappa shape index (κ2) is 11.1. The molecule has 1 aliphatic rings. The first-order chi connectivity index (χ1) is 16.9. The van der Waals surface area contributed by atoms with Gasteiger partial charge in [0.15, 0.2) is 5.78 Å². The first kappa shape index (κ1) is 27.2. The lowest BCUT2D eigenvalue weighted by Crippen LogP contribution is -2.54. The number of benzene rings is 1. The molecular weight excluding hydrogens is 481 g/mol. The predicted molar refractivity (Wildman–Crippen MR) is 124 cm³/mol. The second-order valence-corrected chi connectivity index (χ2v) is 9.54. The highest BCUT2D eigenvalue weighted by atomic mass is 19.1. The van der Waals surface area contributed by atoms with Gasteiger partial charge >= 0.3 is 0 Å².